The minimum Gasteiger partial charge on any atom is -0.481 e. The van der Waals surface area contributed by atoms with Crippen LogP contribution in [-0.2, 0) is 9.59 Å². The third-order valence-electron chi connectivity index (χ3n) is 3.10. The Morgan fingerprint density at radius 1 is 1.18 bits per heavy atom. The highest BCUT2D eigenvalue weighted by Gasteiger charge is 2.28. The van der Waals surface area contributed by atoms with Crippen molar-refractivity contribution in [2.24, 2.45) is 5.73 Å². The molecule has 5 heteroatoms. The van der Waals surface area contributed by atoms with Gasteiger partial charge >= 0.3 is 5.97 Å². The van der Waals surface area contributed by atoms with Crippen LogP contribution >= 0.6 is 0 Å². The van der Waals surface area contributed by atoms with E-state index in [2.05, 4.69) is 0 Å². The van der Waals surface area contributed by atoms with Gasteiger partial charge in [0.2, 0.25) is 5.91 Å². The average Bonchev–Trinajstić information content (AvgIpc) is 2.27. The van der Waals surface area contributed by atoms with Gasteiger partial charge in [0.1, 0.15) is 0 Å². The van der Waals surface area contributed by atoms with Crippen LogP contribution in [0.15, 0.2) is 0 Å². The van der Waals surface area contributed by atoms with Gasteiger partial charge in [0.05, 0.1) is 12.5 Å². The molecule has 0 saturated heterocycles. The van der Waals surface area contributed by atoms with Crippen molar-refractivity contribution in [3.63, 3.8) is 0 Å². The zero-order chi connectivity index (χ0) is 13.6. The molecule has 0 aromatic heterocycles. The van der Waals surface area contributed by atoms with Crippen molar-refractivity contribution >= 4 is 11.9 Å². The molecule has 0 aliphatic carbocycles. The number of aliphatic carboxylic acids is 1. The lowest BCUT2D eigenvalue weighted by Gasteiger charge is -2.35. The first-order valence-corrected chi connectivity index (χ1v) is 6.14. The molecule has 3 N–H and O–H groups in total. The quantitative estimate of drug-likeness (QED) is 0.705. The van der Waals surface area contributed by atoms with E-state index in [0.717, 1.165) is 12.8 Å². The fraction of sp³-hybridized carbons (Fsp3) is 0.833. The normalized spacial score (nSPS) is 16.1. The summed E-state index contributed by atoms with van der Waals surface area (Å²) in [5.74, 6) is -1.31. The van der Waals surface area contributed by atoms with Gasteiger partial charge in [-0.3, -0.25) is 9.59 Å². The number of carbonyl (C=O) groups is 2. The van der Waals surface area contributed by atoms with Crippen LogP contribution in [0, 0.1) is 0 Å². The zero-order valence-corrected chi connectivity index (χ0v) is 11.1. The molecule has 3 atom stereocenters. The first kappa shape index (κ1) is 15.9. The van der Waals surface area contributed by atoms with Gasteiger partial charge in [0.15, 0.2) is 0 Å². The van der Waals surface area contributed by atoms with E-state index in [9.17, 15) is 9.59 Å². The molecule has 0 aromatic rings. The number of carbonyl (C=O) groups excluding carboxylic acids is 1. The Hall–Kier alpha value is -1.10. The summed E-state index contributed by atoms with van der Waals surface area (Å²) >= 11 is 0. The van der Waals surface area contributed by atoms with Crippen molar-refractivity contribution in [1.82, 2.24) is 4.90 Å². The third-order valence-corrected chi connectivity index (χ3v) is 3.10. The lowest BCUT2D eigenvalue weighted by Crippen LogP contribution is -2.52. The molecule has 0 aliphatic heterocycles. The van der Waals surface area contributed by atoms with Gasteiger partial charge in [0, 0.05) is 12.1 Å². The molecule has 5 nitrogen and oxygen atoms in total. The number of rotatable bonds is 7. The summed E-state index contributed by atoms with van der Waals surface area (Å²) < 4.78 is 0. The lowest BCUT2D eigenvalue weighted by atomic mass is 10.1. The van der Waals surface area contributed by atoms with Crippen LogP contribution in [0.3, 0.4) is 0 Å². The number of hydrogen-bond donors (Lipinski definition) is 2. The molecule has 0 radical (unpaired) electrons. The Balaban J connectivity index is 4.79. The molecule has 1 amide bonds. The molecule has 100 valence electrons. The minimum atomic E-state index is -1.04. The topological polar surface area (TPSA) is 83.6 Å². The largest absolute Gasteiger partial charge is 0.481 e. The van der Waals surface area contributed by atoms with Crippen molar-refractivity contribution < 1.29 is 14.7 Å². The van der Waals surface area contributed by atoms with Gasteiger partial charge in [-0.2, -0.15) is 0 Å². The maximum absolute atomic E-state index is 12.1. The van der Waals surface area contributed by atoms with E-state index in [-0.39, 0.29) is 24.4 Å². The molecule has 3 unspecified atom stereocenters. The second kappa shape index (κ2) is 7.27. The second-order valence-corrected chi connectivity index (χ2v) is 4.46. The highest BCUT2D eigenvalue weighted by Crippen LogP contribution is 2.14. The number of carboxylic acids is 1. The van der Waals surface area contributed by atoms with Gasteiger partial charge in [-0.15, -0.1) is 0 Å². The van der Waals surface area contributed by atoms with E-state index in [4.69, 9.17) is 10.8 Å². The third kappa shape index (κ3) is 4.73. The van der Waals surface area contributed by atoms with E-state index in [1.165, 1.54) is 0 Å². The number of nitrogens with zero attached hydrogens (tertiary/aromatic N) is 1. The van der Waals surface area contributed by atoms with Gasteiger partial charge < -0.3 is 15.7 Å². The standard InChI is InChI=1S/C12H24N2O3/c1-5-8(3)14(9(4)6-2)12(17)10(13)7-11(15)16/h8-10H,5-7,13H2,1-4H3,(H,15,16). The second-order valence-electron chi connectivity index (χ2n) is 4.46. The van der Waals surface area contributed by atoms with Gasteiger partial charge in [-0.1, -0.05) is 13.8 Å². The van der Waals surface area contributed by atoms with Crippen LogP contribution in [0.4, 0.5) is 0 Å². The van der Waals surface area contributed by atoms with E-state index >= 15 is 0 Å². The summed E-state index contributed by atoms with van der Waals surface area (Å²) in [6.07, 6.45) is 1.34. The first-order chi connectivity index (χ1) is 7.84. The Labute approximate surface area is 103 Å². The molecule has 17 heavy (non-hydrogen) atoms. The predicted molar refractivity (Wildman–Crippen MR) is 66.6 cm³/mol. The maximum Gasteiger partial charge on any atom is 0.305 e. The summed E-state index contributed by atoms with van der Waals surface area (Å²) in [7, 11) is 0. The van der Waals surface area contributed by atoms with Gasteiger partial charge in [0.25, 0.3) is 0 Å². The van der Waals surface area contributed by atoms with Crippen molar-refractivity contribution in [3.8, 4) is 0 Å². The molecular formula is C12H24N2O3. The lowest BCUT2D eigenvalue weighted by molar-refractivity contribution is -0.144. The Morgan fingerprint density at radius 2 is 1.59 bits per heavy atom. The van der Waals surface area contributed by atoms with Crippen molar-refractivity contribution in [2.75, 3.05) is 0 Å². The van der Waals surface area contributed by atoms with E-state index in [0.29, 0.717) is 0 Å². The van der Waals surface area contributed by atoms with E-state index in [1.807, 2.05) is 27.7 Å². The van der Waals surface area contributed by atoms with Crippen molar-refractivity contribution in [3.05, 3.63) is 0 Å². The smallest absolute Gasteiger partial charge is 0.305 e. The van der Waals surface area contributed by atoms with Crippen molar-refractivity contribution in [1.29, 1.82) is 0 Å². The number of nitrogens with two attached hydrogens (primary N) is 1. The molecular weight excluding hydrogens is 220 g/mol. The van der Waals surface area contributed by atoms with Crippen molar-refractivity contribution in [2.45, 2.75) is 65.1 Å². The van der Waals surface area contributed by atoms with Gasteiger partial charge in [-0.25, -0.2) is 0 Å². The molecule has 0 rings (SSSR count). The summed E-state index contributed by atoms with van der Waals surface area (Å²) in [6, 6.07) is -0.787. The number of hydrogen-bond acceptors (Lipinski definition) is 3. The Morgan fingerprint density at radius 3 is 1.88 bits per heavy atom. The summed E-state index contributed by atoms with van der Waals surface area (Å²) in [4.78, 5) is 24.4. The SMILES string of the molecule is CCC(C)N(C(=O)C(N)CC(=O)O)C(C)CC. The summed E-state index contributed by atoms with van der Waals surface area (Å²) in [6.45, 7) is 7.90. The molecule has 0 aromatic carbocycles. The van der Waals surface area contributed by atoms with Crippen LogP contribution in [0.5, 0.6) is 0 Å². The summed E-state index contributed by atoms with van der Waals surface area (Å²) in [5.41, 5.74) is 5.63. The number of carboxylic acid groups (broad SMARTS) is 1. The molecule has 0 spiro atoms. The highest BCUT2D eigenvalue weighted by molar-refractivity contribution is 5.86. The molecule has 0 aliphatic rings. The van der Waals surface area contributed by atoms with Gasteiger partial charge in [-0.05, 0) is 26.7 Å². The fourth-order valence-corrected chi connectivity index (χ4v) is 1.73. The van der Waals surface area contributed by atoms with Crippen LogP contribution in [-0.4, -0.2) is 40.0 Å². The Bertz CT molecular complexity index is 258. The Kier molecular flexibility index (Phi) is 6.80. The fourth-order valence-electron chi connectivity index (χ4n) is 1.73. The predicted octanol–water partition coefficient (Wildman–Crippen LogP) is 1.21. The summed E-state index contributed by atoms with van der Waals surface area (Å²) in [5, 5.41) is 8.66. The number of amides is 1. The molecule has 0 heterocycles. The van der Waals surface area contributed by atoms with Crippen LogP contribution in [0.2, 0.25) is 0 Å². The zero-order valence-electron chi connectivity index (χ0n) is 11.1. The van der Waals surface area contributed by atoms with Crippen LogP contribution in [0.25, 0.3) is 0 Å². The van der Waals surface area contributed by atoms with E-state index in [1.54, 1.807) is 4.90 Å². The van der Waals surface area contributed by atoms with E-state index < -0.39 is 12.0 Å². The maximum atomic E-state index is 12.1. The molecule has 0 fully saturated rings. The first-order valence-electron chi connectivity index (χ1n) is 6.14. The van der Waals surface area contributed by atoms with Crippen LogP contribution < -0.4 is 5.73 Å². The average molecular weight is 244 g/mol. The molecule has 0 bridgehead atoms. The minimum absolute atomic E-state index is 0.0808. The monoisotopic (exact) mass is 244 g/mol. The van der Waals surface area contributed by atoms with Crippen LogP contribution in [0.1, 0.15) is 47.0 Å². The molecule has 0 saturated carbocycles. The highest BCUT2D eigenvalue weighted by atomic mass is 16.4.